The van der Waals surface area contributed by atoms with Gasteiger partial charge in [-0.2, -0.15) is 0 Å². The Bertz CT molecular complexity index is 1070. The number of carbonyl (C=O) groups is 1. The molecule has 3 aromatic rings. The maximum absolute atomic E-state index is 12.7. The fourth-order valence-electron chi connectivity index (χ4n) is 2.91. The molecule has 8 heteroatoms. The third-order valence-electron chi connectivity index (χ3n) is 4.26. The Kier molecular flexibility index (Phi) is 4.12. The van der Waals surface area contributed by atoms with Crippen LogP contribution in [-0.2, 0) is 6.54 Å². The van der Waals surface area contributed by atoms with Gasteiger partial charge in [0.2, 0.25) is 0 Å². The van der Waals surface area contributed by atoms with Crippen LogP contribution in [0, 0.1) is 6.92 Å². The number of rotatable bonds is 3. The molecule has 0 spiro atoms. The molecule has 0 aliphatic carbocycles. The zero-order chi connectivity index (χ0) is 18.3. The highest BCUT2D eigenvalue weighted by molar-refractivity contribution is 7.20. The smallest absolute Gasteiger partial charge is 0.266 e. The van der Waals surface area contributed by atoms with Crippen molar-refractivity contribution in [2.75, 3.05) is 18.5 Å². The number of anilines is 1. The van der Waals surface area contributed by atoms with Gasteiger partial charge in [0.05, 0.1) is 16.6 Å². The lowest BCUT2D eigenvalue weighted by atomic mass is 10.2. The van der Waals surface area contributed by atoms with Gasteiger partial charge in [-0.25, -0.2) is 4.98 Å². The lowest BCUT2D eigenvalue weighted by Gasteiger charge is -2.18. The first kappa shape index (κ1) is 16.6. The van der Waals surface area contributed by atoms with Crippen molar-refractivity contribution in [1.29, 1.82) is 0 Å². The first-order valence-electron chi connectivity index (χ1n) is 8.28. The molecule has 1 aromatic carbocycles. The van der Waals surface area contributed by atoms with Crippen molar-refractivity contribution in [2.24, 2.45) is 0 Å². The predicted octanol–water partition coefficient (Wildman–Crippen LogP) is 2.81. The number of amides is 1. The minimum Gasteiger partial charge on any atom is -0.486 e. The van der Waals surface area contributed by atoms with Crippen LogP contribution in [0.15, 0.2) is 29.3 Å². The normalized spacial score (nSPS) is 13.0. The first-order valence-corrected chi connectivity index (χ1v) is 9.09. The van der Waals surface area contributed by atoms with E-state index in [9.17, 15) is 9.59 Å². The van der Waals surface area contributed by atoms with Gasteiger partial charge in [-0.3, -0.25) is 14.2 Å². The number of nitrogens with zero attached hydrogens (tertiary/aromatic N) is 2. The lowest BCUT2D eigenvalue weighted by Crippen LogP contribution is -2.19. The van der Waals surface area contributed by atoms with Crippen LogP contribution in [-0.4, -0.2) is 28.7 Å². The van der Waals surface area contributed by atoms with Crippen LogP contribution in [0.5, 0.6) is 11.5 Å². The molecule has 0 bridgehead atoms. The molecule has 4 rings (SSSR count). The summed E-state index contributed by atoms with van der Waals surface area (Å²) in [4.78, 5) is 30.6. The van der Waals surface area contributed by atoms with Crippen molar-refractivity contribution in [3.63, 3.8) is 0 Å². The molecule has 0 fully saturated rings. The van der Waals surface area contributed by atoms with E-state index in [1.165, 1.54) is 22.2 Å². The first-order chi connectivity index (χ1) is 12.6. The minimum absolute atomic E-state index is 0.121. The second-order valence-electron chi connectivity index (χ2n) is 5.88. The Hall–Kier alpha value is -2.87. The van der Waals surface area contributed by atoms with Gasteiger partial charge in [0, 0.05) is 18.3 Å². The third kappa shape index (κ3) is 2.72. The summed E-state index contributed by atoms with van der Waals surface area (Å²) in [7, 11) is 0. The summed E-state index contributed by atoms with van der Waals surface area (Å²) >= 11 is 1.22. The van der Waals surface area contributed by atoms with E-state index in [-0.39, 0.29) is 11.5 Å². The molecular formula is C18H17N3O4S. The molecule has 1 aliphatic rings. The quantitative estimate of drug-likeness (QED) is 0.766. The van der Waals surface area contributed by atoms with Gasteiger partial charge < -0.3 is 14.8 Å². The molecule has 0 saturated heterocycles. The number of nitrogens with one attached hydrogen (secondary N) is 1. The number of benzene rings is 1. The van der Waals surface area contributed by atoms with Crippen LogP contribution < -0.4 is 20.3 Å². The molecule has 1 amide bonds. The third-order valence-corrected chi connectivity index (χ3v) is 5.46. The second-order valence-corrected chi connectivity index (χ2v) is 6.88. The van der Waals surface area contributed by atoms with E-state index in [4.69, 9.17) is 9.47 Å². The van der Waals surface area contributed by atoms with Crippen LogP contribution in [0.25, 0.3) is 10.2 Å². The molecule has 0 radical (unpaired) electrons. The van der Waals surface area contributed by atoms with E-state index >= 15 is 0 Å². The number of hydrogen-bond acceptors (Lipinski definition) is 6. The maximum Gasteiger partial charge on any atom is 0.266 e. The predicted molar refractivity (Wildman–Crippen MR) is 99.7 cm³/mol. The summed E-state index contributed by atoms with van der Waals surface area (Å²) in [5.74, 6) is 0.996. The zero-order valence-electron chi connectivity index (χ0n) is 14.4. The van der Waals surface area contributed by atoms with Crippen LogP contribution in [0.2, 0.25) is 0 Å². The van der Waals surface area contributed by atoms with E-state index in [0.717, 1.165) is 0 Å². The summed E-state index contributed by atoms with van der Waals surface area (Å²) in [5.41, 5.74) is 1.14. The van der Waals surface area contributed by atoms with E-state index < -0.39 is 0 Å². The molecule has 2 aromatic heterocycles. The Morgan fingerprint density at radius 2 is 2.08 bits per heavy atom. The Morgan fingerprint density at radius 1 is 1.31 bits per heavy atom. The molecule has 7 nitrogen and oxygen atoms in total. The van der Waals surface area contributed by atoms with Crippen LogP contribution in [0.4, 0.5) is 5.69 Å². The molecule has 134 valence electrons. The topological polar surface area (TPSA) is 82.5 Å². The van der Waals surface area contributed by atoms with Crippen molar-refractivity contribution in [1.82, 2.24) is 9.55 Å². The molecule has 0 unspecified atom stereocenters. The monoisotopic (exact) mass is 371 g/mol. The fraction of sp³-hybridized carbons (Fsp3) is 0.278. The zero-order valence-corrected chi connectivity index (χ0v) is 15.2. The van der Waals surface area contributed by atoms with Crippen molar-refractivity contribution in [3.05, 3.63) is 45.3 Å². The molecule has 26 heavy (non-hydrogen) atoms. The molecule has 1 aliphatic heterocycles. The minimum atomic E-state index is -0.273. The highest BCUT2D eigenvalue weighted by Crippen LogP contribution is 2.33. The van der Waals surface area contributed by atoms with Gasteiger partial charge >= 0.3 is 0 Å². The van der Waals surface area contributed by atoms with Crippen molar-refractivity contribution in [3.8, 4) is 11.5 Å². The van der Waals surface area contributed by atoms with Crippen LogP contribution in [0.1, 0.15) is 22.2 Å². The number of ether oxygens (including phenoxy) is 2. The van der Waals surface area contributed by atoms with Gasteiger partial charge in [0.15, 0.2) is 11.5 Å². The van der Waals surface area contributed by atoms with Crippen molar-refractivity contribution >= 4 is 33.1 Å². The highest BCUT2D eigenvalue weighted by Gasteiger charge is 2.20. The molecule has 1 N–H and O–H groups in total. The Labute approximate surface area is 153 Å². The summed E-state index contributed by atoms with van der Waals surface area (Å²) < 4.78 is 12.5. The molecular weight excluding hydrogens is 354 g/mol. The van der Waals surface area contributed by atoms with Crippen LogP contribution >= 0.6 is 11.3 Å². The summed E-state index contributed by atoms with van der Waals surface area (Å²) in [6, 6.07) is 5.26. The standard InChI is InChI=1S/C18H17N3O4S/c1-3-21-9-19-17-14(18(21)23)10(2)15(26-17)16(22)20-11-4-5-12-13(8-11)25-7-6-24-12/h4-5,8-9H,3,6-7H2,1-2H3,(H,20,22). The number of aryl methyl sites for hydroxylation is 2. The van der Waals surface area contributed by atoms with E-state index in [2.05, 4.69) is 10.3 Å². The number of aromatic nitrogens is 2. The summed E-state index contributed by atoms with van der Waals surface area (Å²) in [6.45, 7) is 5.19. The van der Waals surface area contributed by atoms with Crippen LogP contribution in [0.3, 0.4) is 0 Å². The summed E-state index contributed by atoms with van der Waals surface area (Å²) in [5, 5.41) is 3.36. The number of thiophene rings is 1. The number of fused-ring (bicyclic) bond motifs is 2. The highest BCUT2D eigenvalue weighted by atomic mass is 32.1. The summed E-state index contributed by atoms with van der Waals surface area (Å²) in [6.07, 6.45) is 1.52. The van der Waals surface area contributed by atoms with Crippen molar-refractivity contribution < 1.29 is 14.3 Å². The van der Waals surface area contributed by atoms with Crippen molar-refractivity contribution in [2.45, 2.75) is 20.4 Å². The number of carbonyl (C=O) groups excluding carboxylic acids is 1. The molecule has 0 atom stereocenters. The maximum atomic E-state index is 12.7. The average Bonchev–Trinajstić information content (AvgIpc) is 2.99. The SMILES string of the molecule is CCn1cnc2sc(C(=O)Nc3ccc4c(c3)OCCO4)c(C)c2c1=O. The van der Waals surface area contributed by atoms with E-state index in [0.29, 0.717) is 57.6 Å². The average molecular weight is 371 g/mol. The Balaban J connectivity index is 1.67. The Morgan fingerprint density at radius 3 is 2.85 bits per heavy atom. The lowest BCUT2D eigenvalue weighted by molar-refractivity contribution is 0.103. The van der Waals surface area contributed by atoms with Gasteiger partial charge in [-0.15, -0.1) is 11.3 Å². The van der Waals surface area contributed by atoms with E-state index in [1.807, 2.05) is 6.92 Å². The van der Waals surface area contributed by atoms with Gasteiger partial charge in [-0.1, -0.05) is 0 Å². The van der Waals surface area contributed by atoms with E-state index in [1.54, 1.807) is 25.1 Å². The van der Waals surface area contributed by atoms with Gasteiger partial charge in [0.1, 0.15) is 18.0 Å². The molecule has 0 saturated carbocycles. The molecule has 3 heterocycles. The number of hydrogen-bond donors (Lipinski definition) is 1. The largest absolute Gasteiger partial charge is 0.486 e. The fourth-order valence-corrected chi connectivity index (χ4v) is 3.94. The van der Waals surface area contributed by atoms with Gasteiger partial charge in [0.25, 0.3) is 11.5 Å². The van der Waals surface area contributed by atoms with Gasteiger partial charge in [-0.05, 0) is 31.5 Å². The second kappa shape index (κ2) is 6.45.